The van der Waals surface area contributed by atoms with Gasteiger partial charge in [0.05, 0.1) is 21.8 Å². The second-order valence-electron chi connectivity index (χ2n) is 3.69. The summed E-state index contributed by atoms with van der Waals surface area (Å²) in [7, 11) is 1.08. The molecule has 0 aliphatic heterocycles. The van der Waals surface area contributed by atoms with Gasteiger partial charge in [-0.3, -0.25) is 0 Å². The van der Waals surface area contributed by atoms with Crippen molar-refractivity contribution in [2.75, 3.05) is 7.05 Å². The molecular formula is C12H9BrF3N3O. The normalized spacial score (nSPS) is 11.9. The summed E-state index contributed by atoms with van der Waals surface area (Å²) in [6.07, 6.45) is -4.09. The first-order valence-electron chi connectivity index (χ1n) is 5.19. The van der Waals surface area contributed by atoms with Crippen LogP contribution in [0.5, 0.6) is 5.75 Å². The highest BCUT2D eigenvalue weighted by molar-refractivity contribution is 9.10. The summed E-state index contributed by atoms with van der Waals surface area (Å²) in [4.78, 5) is 0. The zero-order valence-corrected chi connectivity index (χ0v) is 11.7. The Bertz CT molecular complexity index is 618. The van der Waals surface area contributed by atoms with Gasteiger partial charge in [-0.1, -0.05) is 0 Å². The summed E-state index contributed by atoms with van der Waals surface area (Å²) >= 11 is 2.97. The van der Waals surface area contributed by atoms with Crippen LogP contribution in [0, 0.1) is 16.7 Å². The fourth-order valence-electron chi connectivity index (χ4n) is 1.39. The molecule has 8 heteroatoms. The second-order valence-corrected chi connectivity index (χ2v) is 4.54. The smallest absolute Gasteiger partial charge is 0.430 e. The van der Waals surface area contributed by atoms with Crippen LogP contribution in [0.4, 0.5) is 13.2 Å². The van der Waals surface area contributed by atoms with E-state index in [-0.39, 0.29) is 15.6 Å². The lowest BCUT2D eigenvalue weighted by Gasteiger charge is -2.12. The van der Waals surface area contributed by atoms with Crippen LogP contribution in [-0.2, 0) is 0 Å². The Labute approximate surface area is 121 Å². The Morgan fingerprint density at radius 2 is 2.10 bits per heavy atom. The number of nitriles is 1. The van der Waals surface area contributed by atoms with Crippen molar-refractivity contribution in [2.24, 2.45) is 0 Å². The minimum Gasteiger partial charge on any atom is -0.506 e. The van der Waals surface area contributed by atoms with Gasteiger partial charge in [-0.15, -0.1) is 0 Å². The van der Waals surface area contributed by atoms with Crippen molar-refractivity contribution in [3.8, 4) is 11.8 Å². The average molecular weight is 348 g/mol. The standard InChI is InChI=1S/C12H9BrF3N3O/c1-19-10(12(14,15)16)4-9(18)7-2-6(5-17)3-8(13)11(7)20/h2-4,18-20H,1H3/b10-4-,18-9?. The van der Waals surface area contributed by atoms with Gasteiger partial charge in [0.15, 0.2) is 0 Å². The zero-order valence-electron chi connectivity index (χ0n) is 10.1. The van der Waals surface area contributed by atoms with Gasteiger partial charge in [0.2, 0.25) is 0 Å². The maximum atomic E-state index is 12.6. The number of halogens is 4. The summed E-state index contributed by atoms with van der Waals surface area (Å²) in [5, 5.41) is 28.1. The average Bonchev–Trinajstić information content (AvgIpc) is 2.37. The van der Waals surface area contributed by atoms with Gasteiger partial charge in [-0.25, -0.2) is 0 Å². The third kappa shape index (κ3) is 3.51. The molecule has 0 bridgehead atoms. The molecule has 0 aromatic heterocycles. The summed E-state index contributed by atoms with van der Waals surface area (Å²) in [6, 6.07) is 4.24. The van der Waals surface area contributed by atoms with Gasteiger partial charge in [0.1, 0.15) is 11.4 Å². The maximum absolute atomic E-state index is 12.6. The lowest BCUT2D eigenvalue weighted by atomic mass is 10.0. The predicted octanol–water partition coefficient (Wildman–Crippen LogP) is 3.06. The topological polar surface area (TPSA) is 79.9 Å². The lowest BCUT2D eigenvalue weighted by molar-refractivity contribution is -0.0958. The summed E-state index contributed by atoms with van der Waals surface area (Å²) in [5.74, 6) is -0.400. The van der Waals surface area contributed by atoms with Crippen LogP contribution in [0.2, 0.25) is 0 Å². The molecule has 106 valence electrons. The first-order chi connectivity index (χ1) is 9.20. The molecule has 1 rings (SSSR count). The van der Waals surface area contributed by atoms with Crippen molar-refractivity contribution in [3.05, 3.63) is 39.5 Å². The quantitative estimate of drug-likeness (QED) is 0.735. The molecule has 0 unspecified atom stereocenters. The van der Waals surface area contributed by atoms with Crippen molar-refractivity contribution >= 4 is 21.6 Å². The number of phenols is 1. The highest BCUT2D eigenvalue weighted by Crippen LogP contribution is 2.31. The monoisotopic (exact) mass is 347 g/mol. The van der Waals surface area contributed by atoms with E-state index in [1.165, 1.54) is 6.07 Å². The number of aromatic hydroxyl groups is 1. The molecule has 4 nitrogen and oxygen atoms in total. The molecule has 3 N–H and O–H groups in total. The fourth-order valence-corrected chi connectivity index (χ4v) is 1.85. The molecule has 0 radical (unpaired) electrons. The summed E-state index contributed by atoms with van der Waals surface area (Å²) in [5.41, 5.74) is -1.75. The molecule has 0 amide bonds. The fraction of sp³-hybridized carbons (Fsp3) is 0.167. The van der Waals surface area contributed by atoms with Crippen molar-refractivity contribution in [1.29, 1.82) is 10.7 Å². The van der Waals surface area contributed by atoms with Gasteiger partial charge < -0.3 is 15.8 Å². The molecule has 1 aromatic carbocycles. The molecule has 20 heavy (non-hydrogen) atoms. The molecule has 0 fully saturated rings. The predicted molar refractivity (Wildman–Crippen MR) is 70.5 cm³/mol. The number of phenolic OH excluding ortho intramolecular Hbond substituents is 1. The van der Waals surface area contributed by atoms with Crippen LogP contribution in [0.3, 0.4) is 0 Å². The van der Waals surface area contributed by atoms with E-state index < -0.39 is 23.3 Å². The Balaban J connectivity index is 3.33. The molecule has 0 aliphatic rings. The Morgan fingerprint density at radius 3 is 2.55 bits per heavy atom. The number of alkyl halides is 3. The van der Waals surface area contributed by atoms with Crippen molar-refractivity contribution in [1.82, 2.24) is 5.32 Å². The minimum absolute atomic E-state index is 0.112. The van der Waals surface area contributed by atoms with E-state index in [1.807, 2.05) is 5.32 Å². The highest BCUT2D eigenvalue weighted by Gasteiger charge is 2.33. The van der Waals surface area contributed by atoms with E-state index >= 15 is 0 Å². The van der Waals surface area contributed by atoms with Crippen LogP contribution in [-0.4, -0.2) is 24.0 Å². The van der Waals surface area contributed by atoms with E-state index in [1.54, 1.807) is 6.07 Å². The summed E-state index contributed by atoms with van der Waals surface area (Å²) in [6.45, 7) is 0. The zero-order chi connectivity index (χ0) is 15.5. The molecular weight excluding hydrogens is 339 g/mol. The van der Waals surface area contributed by atoms with Crippen LogP contribution in [0.1, 0.15) is 11.1 Å². The van der Waals surface area contributed by atoms with Gasteiger partial charge >= 0.3 is 6.18 Å². The van der Waals surface area contributed by atoms with Crippen LogP contribution in [0.15, 0.2) is 28.4 Å². The van der Waals surface area contributed by atoms with Gasteiger partial charge in [0.25, 0.3) is 0 Å². The number of allylic oxidation sites excluding steroid dienone is 2. The van der Waals surface area contributed by atoms with Crippen LogP contribution < -0.4 is 5.32 Å². The number of nitrogens with one attached hydrogen (secondary N) is 2. The highest BCUT2D eigenvalue weighted by atomic mass is 79.9. The molecule has 0 spiro atoms. The largest absolute Gasteiger partial charge is 0.506 e. The van der Waals surface area contributed by atoms with Gasteiger partial charge in [0, 0.05) is 12.6 Å². The molecule has 0 atom stereocenters. The van der Waals surface area contributed by atoms with Crippen molar-refractivity contribution in [2.45, 2.75) is 6.18 Å². The molecule has 0 aliphatic carbocycles. The third-order valence-corrected chi connectivity index (χ3v) is 2.95. The Kier molecular flexibility index (Phi) is 4.78. The molecule has 1 aromatic rings. The SMILES string of the molecule is CN/C(=C\C(=N)c1cc(C#N)cc(Br)c1O)C(F)(F)F. The summed E-state index contributed by atoms with van der Waals surface area (Å²) < 4.78 is 37.8. The number of rotatable bonds is 3. The maximum Gasteiger partial charge on any atom is 0.430 e. The van der Waals surface area contributed by atoms with Gasteiger partial charge in [-0.05, 0) is 34.1 Å². The number of hydrogen-bond acceptors (Lipinski definition) is 4. The third-order valence-electron chi connectivity index (χ3n) is 2.35. The first-order valence-corrected chi connectivity index (χ1v) is 5.98. The van der Waals surface area contributed by atoms with Crippen molar-refractivity contribution in [3.63, 3.8) is 0 Å². The van der Waals surface area contributed by atoms with E-state index in [2.05, 4.69) is 15.9 Å². The second kappa shape index (κ2) is 5.96. The van der Waals surface area contributed by atoms with Crippen LogP contribution in [0.25, 0.3) is 0 Å². The number of hydrogen-bond donors (Lipinski definition) is 3. The van der Waals surface area contributed by atoms with E-state index in [0.29, 0.717) is 6.08 Å². The lowest BCUT2D eigenvalue weighted by Crippen LogP contribution is -2.24. The molecule has 0 saturated carbocycles. The number of nitrogens with zero attached hydrogens (tertiary/aromatic N) is 1. The first kappa shape index (κ1) is 16.0. The molecule has 0 heterocycles. The Hall–Kier alpha value is -2.01. The van der Waals surface area contributed by atoms with Gasteiger partial charge in [-0.2, -0.15) is 18.4 Å². The van der Waals surface area contributed by atoms with E-state index in [4.69, 9.17) is 10.7 Å². The van der Waals surface area contributed by atoms with Crippen molar-refractivity contribution < 1.29 is 18.3 Å². The minimum atomic E-state index is -4.64. The number of benzene rings is 1. The Morgan fingerprint density at radius 1 is 1.50 bits per heavy atom. The van der Waals surface area contributed by atoms with E-state index in [9.17, 15) is 18.3 Å². The molecule has 0 saturated heterocycles. The van der Waals surface area contributed by atoms with Crippen LogP contribution >= 0.6 is 15.9 Å². The van der Waals surface area contributed by atoms with E-state index in [0.717, 1.165) is 13.1 Å².